The third-order valence-electron chi connectivity index (χ3n) is 6.57. The van der Waals surface area contributed by atoms with Crippen molar-refractivity contribution < 1.29 is 9.59 Å². The maximum atomic E-state index is 13.6. The summed E-state index contributed by atoms with van der Waals surface area (Å²) in [5.41, 5.74) is 1.53. The highest BCUT2D eigenvalue weighted by Crippen LogP contribution is 2.37. The molecule has 2 heterocycles. The van der Waals surface area contributed by atoms with Crippen LogP contribution in [0.5, 0.6) is 0 Å². The topological polar surface area (TPSA) is 71.4 Å². The summed E-state index contributed by atoms with van der Waals surface area (Å²) in [5, 5.41) is 2.92. The van der Waals surface area contributed by atoms with Crippen molar-refractivity contribution in [3.05, 3.63) is 63.6 Å². The largest absolute Gasteiger partial charge is 0.352 e. The number of aromatic nitrogens is 1. The predicted octanol–water partition coefficient (Wildman–Crippen LogP) is 3.15. The lowest BCUT2D eigenvalue weighted by atomic mass is 9.90. The van der Waals surface area contributed by atoms with Crippen LogP contribution >= 0.6 is 0 Å². The third kappa shape index (κ3) is 3.24. The van der Waals surface area contributed by atoms with Gasteiger partial charge >= 0.3 is 0 Å². The van der Waals surface area contributed by atoms with Crippen LogP contribution in [0, 0.1) is 6.92 Å². The van der Waals surface area contributed by atoms with Crippen molar-refractivity contribution in [1.29, 1.82) is 0 Å². The average molecular weight is 408 g/mol. The fourth-order valence-electron chi connectivity index (χ4n) is 4.79. The summed E-state index contributed by atoms with van der Waals surface area (Å²) >= 11 is 0. The normalized spacial score (nSPS) is 18.1. The van der Waals surface area contributed by atoms with Gasteiger partial charge in [0, 0.05) is 25.0 Å². The van der Waals surface area contributed by atoms with E-state index >= 15 is 0 Å². The molecule has 0 unspecified atom stereocenters. The first kappa shape index (κ1) is 20.4. The van der Waals surface area contributed by atoms with Gasteiger partial charge in [0.15, 0.2) is 0 Å². The van der Waals surface area contributed by atoms with Crippen molar-refractivity contribution in [2.45, 2.75) is 57.9 Å². The molecular formula is C24H29N3O3. The summed E-state index contributed by atoms with van der Waals surface area (Å²) in [7, 11) is 0. The van der Waals surface area contributed by atoms with E-state index in [1.54, 1.807) is 18.0 Å². The number of carbonyl (C=O) groups excluding carboxylic acids is 2. The smallest absolute Gasteiger partial charge is 0.268 e. The highest BCUT2D eigenvalue weighted by atomic mass is 16.2. The van der Waals surface area contributed by atoms with Gasteiger partial charge < -0.3 is 10.2 Å². The summed E-state index contributed by atoms with van der Waals surface area (Å²) in [6.45, 7) is 6.85. The van der Waals surface area contributed by atoms with E-state index in [0.29, 0.717) is 37.4 Å². The van der Waals surface area contributed by atoms with Crippen LogP contribution < -0.4 is 10.9 Å². The number of amides is 2. The molecule has 0 radical (unpaired) electrons. The molecule has 0 atom stereocenters. The van der Waals surface area contributed by atoms with Crippen molar-refractivity contribution in [1.82, 2.24) is 14.8 Å². The lowest BCUT2D eigenvalue weighted by Crippen LogP contribution is -2.65. The molecule has 2 aliphatic rings. The molecule has 1 saturated carbocycles. The van der Waals surface area contributed by atoms with Gasteiger partial charge in [0.05, 0.1) is 0 Å². The van der Waals surface area contributed by atoms with Crippen LogP contribution in [0.2, 0.25) is 0 Å². The van der Waals surface area contributed by atoms with Gasteiger partial charge in [0.25, 0.3) is 11.5 Å². The van der Waals surface area contributed by atoms with Crippen molar-refractivity contribution in [3.63, 3.8) is 0 Å². The van der Waals surface area contributed by atoms with Crippen molar-refractivity contribution in [2.75, 3.05) is 13.1 Å². The maximum absolute atomic E-state index is 13.6. The number of nitrogens with zero attached hydrogens (tertiary/aromatic N) is 2. The van der Waals surface area contributed by atoms with E-state index in [4.69, 9.17) is 0 Å². The fourth-order valence-corrected chi connectivity index (χ4v) is 4.79. The monoisotopic (exact) mass is 407 g/mol. The standard InChI is InChI=1S/C24H29N3O3/c1-16(2)18-7-6-8-19(15-18)26-13-9-17(3)20(21(26)28)22(29)27-14-12-25-23(30)24(27)10-4-5-11-24/h6-9,13,15-16H,4-5,10-12,14H2,1-3H3,(H,25,30). The molecule has 6 heteroatoms. The second-order valence-electron chi connectivity index (χ2n) is 8.75. The zero-order chi connectivity index (χ0) is 21.5. The summed E-state index contributed by atoms with van der Waals surface area (Å²) in [4.78, 5) is 41.5. The van der Waals surface area contributed by atoms with Gasteiger partial charge in [-0.2, -0.15) is 0 Å². The predicted molar refractivity (Wildman–Crippen MR) is 116 cm³/mol. The molecule has 30 heavy (non-hydrogen) atoms. The van der Waals surface area contributed by atoms with Gasteiger partial charge in [-0.3, -0.25) is 19.0 Å². The second-order valence-corrected chi connectivity index (χ2v) is 8.75. The quantitative estimate of drug-likeness (QED) is 0.850. The Kier molecular flexibility index (Phi) is 5.26. The second kappa shape index (κ2) is 7.74. The number of nitrogens with one attached hydrogen (secondary N) is 1. The molecule has 158 valence electrons. The minimum absolute atomic E-state index is 0.0851. The Balaban J connectivity index is 1.79. The molecule has 2 aromatic rings. The van der Waals surface area contributed by atoms with Crippen LogP contribution in [0.3, 0.4) is 0 Å². The number of hydrogen-bond donors (Lipinski definition) is 1. The van der Waals surface area contributed by atoms with E-state index in [1.807, 2.05) is 30.3 Å². The van der Waals surface area contributed by atoms with Gasteiger partial charge in [-0.15, -0.1) is 0 Å². The van der Waals surface area contributed by atoms with E-state index < -0.39 is 5.54 Å². The van der Waals surface area contributed by atoms with Crippen LogP contribution in [-0.2, 0) is 4.79 Å². The number of pyridine rings is 1. The zero-order valence-corrected chi connectivity index (χ0v) is 17.9. The van der Waals surface area contributed by atoms with Gasteiger partial charge in [-0.1, -0.05) is 38.8 Å². The lowest BCUT2D eigenvalue weighted by molar-refractivity contribution is -0.134. The molecule has 1 aromatic heterocycles. The van der Waals surface area contributed by atoms with E-state index in [-0.39, 0.29) is 22.9 Å². The van der Waals surface area contributed by atoms with E-state index in [0.717, 1.165) is 24.1 Å². The van der Waals surface area contributed by atoms with Crippen LogP contribution in [0.15, 0.2) is 41.3 Å². The SMILES string of the molecule is Cc1ccn(-c2cccc(C(C)C)c2)c(=O)c1C(=O)N1CCNC(=O)C12CCCC2. The van der Waals surface area contributed by atoms with Crippen molar-refractivity contribution in [3.8, 4) is 5.69 Å². The Hall–Kier alpha value is -2.89. The van der Waals surface area contributed by atoms with Crippen LogP contribution in [0.25, 0.3) is 5.69 Å². The number of aryl methyl sites for hydroxylation is 1. The lowest BCUT2D eigenvalue weighted by Gasteiger charge is -2.43. The molecule has 1 N–H and O–H groups in total. The zero-order valence-electron chi connectivity index (χ0n) is 17.9. The summed E-state index contributed by atoms with van der Waals surface area (Å²) in [5.74, 6) is -0.0805. The van der Waals surface area contributed by atoms with Crippen LogP contribution in [0.1, 0.15) is 66.9 Å². The van der Waals surface area contributed by atoms with Crippen molar-refractivity contribution >= 4 is 11.8 Å². The minimum Gasteiger partial charge on any atom is -0.352 e. The average Bonchev–Trinajstić information content (AvgIpc) is 3.20. The van der Waals surface area contributed by atoms with Crippen molar-refractivity contribution in [2.24, 2.45) is 0 Å². The van der Waals surface area contributed by atoms with E-state index in [9.17, 15) is 14.4 Å². The highest BCUT2D eigenvalue weighted by molar-refractivity contribution is 6.00. The number of carbonyl (C=O) groups is 2. The van der Waals surface area contributed by atoms with E-state index in [2.05, 4.69) is 19.2 Å². The Bertz CT molecular complexity index is 1050. The summed E-state index contributed by atoms with van der Waals surface area (Å²) in [6, 6.07) is 9.64. The minimum atomic E-state index is -0.813. The Morgan fingerprint density at radius 2 is 1.87 bits per heavy atom. The summed E-state index contributed by atoms with van der Waals surface area (Å²) < 4.78 is 1.54. The molecule has 1 aliphatic heterocycles. The summed E-state index contributed by atoms with van der Waals surface area (Å²) in [6.07, 6.45) is 4.86. The van der Waals surface area contributed by atoms with Gasteiger partial charge in [-0.05, 0) is 55.0 Å². The van der Waals surface area contributed by atoms with Gasteiger partial charge in [0.2, 0.25) is 5.91 Å². The highest BCUT2D eigenvalue weighted by Gasteiger charge is 2.50. The van der Waals surface area contributed by atoms with Crippen LogP contribution in [-0.4, -0.2) is 39.9 Å². The molecule has 4 rings (SSSR count). The fraction of sp³-hybridized carbons (Fsp3) is 0.458. The molecule has 1 saturated heterocycles. The number of hydrogen-bond acceptors (Lipinski definition) is 3. The Labute approximate surface area is 176 Å². The van der Waals surface area contributed by atoms with Gasteiger partial charge in [0.1, 0.15) is 11.1 Å². The molecule has 2 fully saturated rings. The number of benzene rings is 1. The maximum Gasteiger partial charge on any atom is 0.268 e. The molecule has 1 aliphatic carbocycles. The molecule has 0 bridgehead atoms. The van der Waals surface area contributed by atoms with Gasteiger partial charge in [-0.25, -0.2) is 0 Å². The molecular weight excluding hydrogens is 378 g/mol. The number of rotatable bonds is 3. The first-order chi connectivity index (χ1) is 14.3. The molecule has 6 nitrogen and oxygen atoms in total. The van der Waals surface area contributed by atoms with Crippen LogP contribution in [0.4, 0.5) is 0 Å². The first-order valence-corrected chi connectivity index (χ1v) is 10.8. The first-order valence-electron chi connectivity index (χ1n) is 10.8. The molecule has 2 amide bonds. The number of piperazine rings is 1. The molecule has 1 spiro atoms. The molecule has 1 aromatic carbocycles. The Morgan fingerprint density at radius 1 is 1.13 bits per heavy atom. The van der Waals surface area contributed by atoms with E-state index in [1.165, 1.54) is 4.57 Å². The Morgan fingerprint density at radius 3 is 2.57 bits per heavy atom. The third-order valence-corrected chi connectivity index (χ3v) is 6.57.